The summed E-state index contributed by atoms with van der Waals surface area (Å²) in [4.78, 5) is 30.4. The molecule has 4 rings (SSSR count). The maximum absolute atomic E-state index is 13.3. The van der Waals surface area contributed by atoms with E-state index in [1.54, 1.807) is 50.6 Å². The van der Waals surface area contributed by atoms with Crippen LogP contribution in [-0.4, -0.2) is 65.5 Å². The summed E-state index contributed by atoms with van der Waals surface area (Å²) in [6, 6.07) is 19.9. The van der Waals surface area contributed by atoms with Crippen LogP contribution < -0.4 is 30.5 Å². The summed E-state index contributed by atoms with van der Waals surface area (Å²) in [7, 11) is 3.31. The van der Waals surface area contributed by atoms with Crippen molar-refractivity contribution in [3.63, 3.8) is 0 Å². The average Bonchev–Trinajstić information content (AvgIpc) is 2.95. The number of amides is 3. The van der Waals surface area contributed by atoms with Crippen LogP contribution >= 0.6 is 11.6 Å². The van der Waals surface area contributed by atoms with E-state index in [1.165, 1.54) is 0 Å². The molecule has 206 valence electrons. The Bertz CT molecular complexity index is 1280. The molecule has 0 unspecified atom stereocenters. The zero-order valence-electron chi connectivity index (χ0n) is 22.2. The number of nitrogens with one attached hydrogen (secondary N) is 3. The molecule has 1 saturated heterocycles. The van der Waals surface area contributed by atoms with Crippen molar-refractivity contribution in [2.45, 2.75) is 6.42 Å². The first-order valence-corrected chi connectivity index (χ1v) is 13.2. The largest absolute Gasteiger partial charge is 0.495 e. The molecule has 10 heteroatoms. The molecule has 1 aliphatic heterocycles. The first kappa shape index (κ1) is 28.1. The van der Waals surface area contributed by atoms with Gasteiger partial charge in [-0.25, -0.2) is 4.79 Å². The molecular weight excluding hydrogens is 518 g/mol. The van der Waals surface area contributed by atoms with E-state index in [1.807, 2.05) is 24.3 Å². The van der Waals surface area contributed by atoms with Crippen LogP contribution in [0.4, 0.5) is 27.5 Å². The fraction of sp³-hybridized carbons (Fsp3) is 0.310. The van der Waals surface area contributed by atoms with Gasteiger partial charge in [0.2, 0.25) is 0 Å². The maximum atomic E-state index is 13.3. The van der Waals surface area contributed by atoms with Gasteiger partial charge in [-0.2, -0.15) is 0 Å². The van der Waals surface area contributed by atoms with Gasteiger partial charge in [0.05, 0.1) is 18.4 Å². The molecule has 3 amide bonds. The van der Waals surface area contributed by atoms with E-state index in [9.17, 15) is 9.59 Å². The standard InChI is InChI=1S/C29H34ClN5O4/c1-38-18-6-13-31-28(36)24-20-23(33-29(37)32-22-8-5-7-21(30)19-22)11-12-25(24)34-14-16-35(17-15-34)26-9-3-4-10-27(26)39-2/h3-5,7-12,19-20H,6,13-18H2,1-2H3,(H,31,36)(H2,32,33,37). The second-order valence-corrected chi connectivity index (χ2v) is 9.51. The van der Waals surface area contributed by atoms with E-state index < -0.39 is 6.03 Å². The number of benzene rings is 3. The number of ether oxygens (including phenoxy) is 2. The zero-order valence-corrected chi connectivity index (χ0v) is 23.0. The number of methoxy groups -OCH3 is 2. The molecule has 3 N–H and O–H groups in total. The summed E-state index contributed by atoms with van der Waals surface area (Å²) in [5.74, 6) is 0.640. The number of piperazine rings is 1. The summed E-state index contributed by atoms with van der Waals surface area (Å²) in [6.07, 6.45) is 0.704. The van der Waals surface area contributed by atoms with Crippen molar-refractivity contribution in [3.8, 4) is 5.75 Å². The van der Waals surface area contributed by atoms with Gasteiger partial charge in [-0.05, 0) is 55.0 Å². The second-order valence-electron chi connectivity index (χ2n) is 9.07. The Hall–Kier alpha value is -3.95. The Balaban J connectivity index is 1.49. The normalized spacial score (nSPS) is 13.1. The number of hydrogen-bond acceptors (Lipinski definition) is 6. The van der Waals surface area contributed by atoms with E-state index in [4.69, 9.17) is 21.1 Å². The molecule has 39 heavy (non-hydrogen) atoms. The van der Waals surface area contributed by atoms with E-state index >= 15 is 0 Å². The van der Waals surface area contributed by atoms with Crippen LogP contribution in [0.3, 0.4) is 0 Å². The molecule has 0 radical (unpaired) electrons. The predicted octanol–water partition coefficient (Wildman–Crippen LogP) is 5.09. The Kier molecular flexibility index (Phi) is 9.88. The lowest BCUT2D eigenvalue weighted by molar-refractivity contribution is 0.0949. The smallest absolute Gasteiger partial charge is 0.323 e. The molecule has 1 aliphatic rings. The highest BCUT2D eigenvalue weighted by atomic mass is 35.5. The second kappa shape index (κ2) is 13.7. The highest BCUT2D eigenvalue weighted by Crippen LogP contribution is 2.31. The third-order valence-electron chi connectivity index (χ3n) is 6.44. The fourth-order valence-corrected chi connectivity index (χ4v) is 4.71. The van der Waals surface area contributed by atoms with Gasteiger partial charge in [0.1, 0.15) is 5.75 Å². The minimum Gasteiger partial charge on any atom is -0.495 e. The lowest BCUT2D eigenvalue weighted by Crippen LogP contribution is -2.47. The van der Waals surface area contributed by atoms with Crippen molar-refractivity contribution in [1.82, 2.24) is 5.32 Å². The van der Waals surface area contributed by atoms with Gasteiger partial charge in [-0.15, -0.1) is 0 Å². The van der Waals surface area contributed by atoms with Crippen molar-refractivity contribution < 1.29 is 19.1 Å². The van der Waals surface area contributed by atoms with Crippen LogP contribution in [0.15, 0.2) is 66.7 Å². The monoisotopic (exact) mass is 551 g/mol. The predicted molar refractivity (Wildman–Crippen MR) is 157 cm³/mol. The SMILES string of the molecule is COCCCNC(=O)c1cc(NC(=O)Nc2cccc(Cl)c2)ccc1N1CCN(c2ccccc2OC)CC1. The number of carbonyl (C=O) groups excluding carboxylic acids is 2. The topological polar surface area (TPSA) is 95.2 Å². The van der Waals surface area contributed by atoms with Gasteiger partial charge in [-0.3, -0.25) is 4.79 Å². The first-order chi connectivity index (χ1) is 19.0. The Labute approximate surface area is 234 Å². The molecule has 0 aliphatic carbocycles. The van der Waals surface area contributed by atoms with E-state index in [2.05, 4.69) is 31.8 Å². The molecule has 0 aromatic heterocycles. The number of carbonyl (C=O) groups is 2. The van der Waals surface area contributed by atoms with Gasteiger partial charge < -0.3 is 35.2 Å². The van der Waals surface area contributed by atoms with Crippen LogP contribution in [0, 0.1) is 0 Å². The fourth-order valence-electron chi connectivity index (χ4n) is 4.52. The van der Waals surface area contributed by atoms with Gasteiger partial charge in [-0.1, -0.05) is 29.8 Å². The molecule has 0 atom stereocenters. The number of rotatable bonds is 10. The summed E-state index contributed by atoms with van der Waals surface area (Å²) in [5.41, 5.74) is 3.45. The van der Waals surface area contributed by atoms with Crippen LogP contribution in [0.1, 0.15) is 16.8 Å². The van der Waals surface area contributed by atoms with Crippen molar-refractivity contribution in [3.05, 3.63) is 77.3 Å². The van der Waals surface area contributed by atoms with Gasteiger partial charge in [0.25, 0.3) is 5.91 Å². The molecular formula is C29H34ClN5O4. The minimum absolute atomic E-state index is 0.202. The van der Waals surface area contributed by atoms with Gasteiger partial charge in [0, 0.05) is 68.5 Å². The number of hydrogen-bond donors (Lipinski definition) is 3. The summed E-state index contributed by atoms with van der Waals surface area (Å²) < 4.78 is 10.6. The molecule has 0 spiro atoms. The lowest BCUT2D eigenvalue weighted by Gasteiger charge is -2.38. The highest BCUT2D eigenvalue weighted by Gasteiger charge is 2.24. The minimum atomic E-state index is -0.429. The van der Waals surface area contributed by atoms with Crippen LogP contribution in [-0.2, 0) is 4.74 Å². The lowest BCUT2D eigenvalue weighted by atomic mass is 10.1. The number of nitrogens with zero attached hydrogens (tertiary/aromatic N) is 2. The van der Waals surface area contributed by atoms with Crippen LogP contribution in [0.5, 0.6) is 5.75 Å². The molecule has 3 aromatic carbocycles. The number of anilines is 4. The van der Waals surface area contributed by atoms with E-state index in [0.29, 0.717) is 41.5 Å². The number of para-hydroxylation sites is 2. The van der Waals surface area contributed by atoms with Crippen molar-refractivity contribution in [1.29, 1.82) is 0 Å². The first-order valence-electron chi connectivity index (χ1n) is 12.9. The summed E-state index contributed by atoms with van der Waals surface area (Å²) in [6.45, 7) is 4.05. The molecule has 1 fully saturated rings. The molecule has 0 bridgehead atoms. The number of urea groups is 1. The van der Waals surface area contributed by atoms with Crippen LogP contribution in [0.25, 0.3) is 0 Å². The van der Waals surface area contributed by atoms with E-state index in [-0.39, 0.29) is 5.91 Å². The average molecular weight is 552 g/mol. The summed E-state index contributed by atoms with van der Waals surface area (Å²) >= 11 is 6.02. The molecule has 9 nitrogen and oxygen atoms in total. The van der Waals surface area contributed by atoms with Crippen molar-refractivity contribution >= 4 is 46.3 Å². The van der Waals surface area contributed by atoms with Crippen molar-refractivity contribution in [2.75, 3.05) is 74.0 Å². The Morgan fingerprint density at radius 3 is 2.23 bits per heavy atom. The Morgan fingerprint density at radius 1 is 0.846 bits per heavy atom. The molecule has 0 saturated carbocycles. The summed E-state index contributed by atoms with van der Waals surface area (Å²) in [5, 5.41) is 9.08. The van der Waals surface area contributed by atoms with Gasteiger partial charge >= 0.3 is 6.03 Å². The third-order valence-corrected chi connectivity index (χ3v) is 6.67. The molecule has 1 heterocycles. The Morgan fingerprint density at radius 2 is 1.54 bits per heavy atom. The van der Waals surface area contributed by atoms with E-state index in [0.717, 1.165) is 43.3 Å². The third kappa shape index (κ3) is 7.55. The zero-order chi connectivity index (χ0) is 27.6. The quantitative estimate of drug-likeness (QED) is 0.304. The number of halogens is 1. The van der Waals surface area contributed by atoms with Crippen molar-refractivity contribution in [2.24, 2.45) is 0 Å². The van der Waals surface area contributed by atoms with Crippen LogP contribution in [0.2, 0.25) is 5.02 Å². The molecule has 3 aromatic rings. The van der Waals surface area contributed by atoms with Gasteiger partial charge in [0.15, 0.2) is 0 Å². The highest BCUT2D eigenvalue weighted by molar-refractivity contribution is 6.30. The maximum Gasteiger partial charge on any atom is 0.323 e.